The van der Waals surface area contributed by atoms with Crippen molar-refractivity contribution in [3.8, 4) is 0 Å². The Labute approximate surface area is 113 Å². The van der Waals surface area contributed by atoms with E-state index in [1.165, 1.54) is 6.33 Å². The van der Waals surface area contributed by atoms with Gasteiger partial charge < -0.3 is 9.88 Å². The van der Waals surface area contributed by atoms with Crippen LogP contribution in [0.3, 0.4) is 0 Å². The Bertz CT molecular complexity index is 615. The standard InChI is InChI=1S/C11H11ClFN5O/c1-6(10-17-15-5-18(10)2)16-11(19)8-3-7(13)4-14-9(8)12/h3-6H,1-2H3,(H,16,19). The maximum absolute atomic E-state index is 13.1. The molecule has 2 aromatic heterocycles. The minimum absolute atomic E-state index is 0.0179. The van der Waals surface area contributed by atoms with Gasteiger partial charge in [0.05, 0.1) is 17.8 Å². The Kier molecular flexibility index (Phi) is 3.75. The van der Waals surface area contributed by atoms with Crippen LogP contribution in [0.2, 0.25) is 5.15 Å². The highest BCUT2D eigenvalue weighted by Crippen LogP contribution is 2.15. The lowest BCUT2D eigenvalue weighted by Crippen LogP contribution is -2.28. The number of halogens is 2. The van der Waals surface area contributed by atoms with E-state index in [-0.39, 0.29) is 16.8 Å². The van der Waals surface area contributed by atoms with Gasteiger partial charge in [0, 0.05) is 7.05 Å². The Hall–Kier alpha value is -2.02. The van der Waals surface area contributed by atoms with E-state index in [0.29, 0.717) is 5.82 Å². The SMILES string of the molecule is CC(NC(=O)c1cc(F)cnc1Cl)c1nncn1C. The minimum Gasteiger partial charge on any atom is -0.342 e. The maximum atomic E-state index is 13.1. The fraction of sp³-hybridized carbons (Fsp3) is 0.273. The lowest BCUT2D eigenvalue weighted by molar-refractivity contribution is 0.0937. The number of pyridine rings is 1. The van der Waals surface area contributed by atoms with Crippen LogP contribution >= 0.6 is 11.6 Å². The molecule has 1 unspecified atom stereocenters. The molecule has 2 heterocycles. The molecule has 19 heavy (non-hydrogen) atoms. The van der Waals surface area contributed by atoms with Gasteiger partial charge >= 0.3 is 0 Å². The van der Waals surface area contributed by atoms with Crippen LogP contribution in [0.4, 0.5) is 4.39 Å². The number of hydrogen-bond acceptors (Lipinski definition) is 4. The molecule has 1 N–H and O–H groups in total. The topological polar surface area (TPSA) is 72.7 Å². The lowest BCUT2D eigenvalue weighted by Gasteiger charge is -2.13. The summed E-state index contributed by atoms with van der Waals surface area (Å²) in [5.41, 5.74) is -0.0179. The first-order chi connectivity index (χ1) is 8.99. The fourth-order valence-electron chi connectivity index (χ4n) is 1.60. The summed E-state index contributed by atoms with van der Waals surface area (Å²) in [6, 6.07) is 0.646. The molecule has 0 aliphatic carbocycles. The highest BCUT2D eigenvalue weighted by atomic mass is 35.5. The molecule has 100 valence electrons. The van der Waals surface area contributed by atoms with Crippen LogP contribution < -0.4 is 5.32 Å². The molecule has 6 nitrogen and oxygen atoms in total. The first kappa shape index (κ1) is 13.4. The predicted octanol–water partition coefficient (Wildman–Crippen LogP) is 1.49. The third-order valence-corrected chi connectivity index (χ3v) is 2.83. The Morgan fingerprint density at radius 2 is 2.32 bits per heavy atom. The van der Waals surface area contributed by atoms with Crippen molar-refractivity contribution in [1.29, 1.82) is 0 Å². The number of carbonyl (C=O) groups excluding carboxylic acids is 1. The van der Waals surface area contributed by atoms with Crippen molar-refractivity contribution in [2.24, 2.45) is 7.05 Å². The van der Waals surface area contributed by atoms with Gasteiger partial charge in [-0.05, 0) is 13.0 Å². The third-order valence-electron chi connectivity index (χ3n) is 2.53. The molecule has 0 radical (unpaired) electrons. The zero-order valence-electron chi connectivity index (χ0n) is 10.3. The largest absolute Gasteiger partial charge is 0.342 e. The predicted molar refractivity (Wildman–Crippen MR) is 66.1 cm³/mol. The van der Waals surface area contributed by atoms with E-state index in [2.05, 4.69) is 20.5 Å². The average molecular weight is 284 g/mol. The van der Waals surface area contributed by atoms with E-state index in [1.807, 2.05) is 0 Å². The van der Waals surface area contributed by atoms with Gasteiger partial charge in [0.25, 0.3) is 5.91 Å². The molecule has 0 spiro atoms. The van der Waals surface area contributed by atoms with E-state index in [4.69, 9.17) is 11.6 Å². The van der Waals surface area contributed by atoms with Crippen LogP contribution in [-0.2, 0) is 7.05 Å². The number of aryl methyl sites for hydroxylation is 1. The van der Waals surface area contributed by atoms with E-state index >= 15 is 0 Å². The van der Waals surface area contributed by atoms with E-state index in [0.717, 1.165) is 12.3 Å². The monoisotopic (exact) mass is 283 g/mol. The number of hydrogen-bond donors (Lipinski definition) is 1. The van der Waals surface area contributed by atoms with E-state index < -0.39 is 11.7 Å². The zero-order valence-corrected chi connectivity index (χ0v) is 11.0. The molecule has 1 atom stereocenters. The first-order valence-corrected chi connectivity index (χ1v) is 5.82. The molecule has 0 fully saturated rings. The van der Waals surface area contributed by atoms with Crippen molar-refractivity contribution in [3.05, 3.63) is 40.9 Å². The summed E-state index contributed by atoms with van der Waals surface area (Å²) in [4.78, 5) is 15.6. The second kappa shape index (κ2) is 5.31. The molecule has 2 rings (SSSR count). The summed E-state index contributed by atoms with van der Waals surface area (Å²) >= 11 is 5.76. The Balaban J connectivity index is 2.17. The smallest absolute Gasteiger partial charge is 0.255 e. The highest BCUT2D eigenvalue weighted by Gasteiger charge is 2.18. The third kappa shape index (κ3) is 2.87. The number of amides is 1. The summed E-state index contributed by atoms with van der Waals surface area (Å²) in [7, 11) is 1.76. The normalized spacial score (nSPS) is 12.2. The molecule has 2 aromatic rings. The van der Waals surface area contributed by atoms with Crippen molar-refractivity contribution in [2.75, 3.05) is 0 Å². The molecule has 8 heteroatoms. The van der Waals surface area contributed by atoms with Gasteiger partial charge in [0.2, 0.25) is 0 Å². The summed E-state index contributed by atoms with van der Waals surface area (Å²) in [5.74, 6) is -0.567. The molecule has 0 saturated carbocycles. The van der Waals surface area contributed by atoms with Crippen molar-refractivity contribution < 1.29 is 9.18 Å². The molecule has 0 aromatic carbocycles. The Morgan fingerprint density at radius 3 is 2.95 bits per heavy atom. The van der Waals surface area contributed by atoms with Crippen LogP contribution in [0.25, 0.3) is 0 Å². The molecule has 0 aliphatic heterocycles. The van der Waals surface area contributed by atoms with Crippen LogP contribution in [0.15, 0.2) is 18.6 Å². The van der Waals surface area contributed by atoms with Crippen LogP contribution in [0.1, 0.15) is 29.1 Å². The minimum atomic E-state index is -0.624. The molecule has 0 bridgehead atoms. The lowest BCUT2D eigenvalue weighted by atomic mass is 10.2. The van der Waals surface area contributed by atoms with Gasteiger partial charge in [-0.1, -0.05) is 11.6 Å². The summed E-state index contributed by atoms with van der Waals surface area (Å²) in [5, 5.41) is 10.2. The molecule has 0 saturated heterocycles. The van der Waals surface area contributed by atoms with E-state index in [1.54, 1.807) is 18.5 Å². The van der Waals surface area contributed by atoms with Crippen molar-refractivity contribution in [3.63, 3.8) is 0 Å². The van der Waals surface area contributed by atoms with Crippen molar-refractivity contribution in [1.82, 2.24) is 25.1 Å². The quantitative estimate of drug-likeness (QED) is 0.866. The van der Waals surface area contributed by atoms with Gasteiger partial charge in [-0.3, -0.25) is 4.79 Å². The van der Waals surface area contributed by atoms with Gasteiger partial charge in [-0.15, -0.1) is 10.2 Å². The van der Waals surface area contributed by atoms with Gasteiger partial charge in [0.1, 0.15) is 17.3 Å². The van der Waals surface area contributed by atoms with Gasteiger partial charge in [-0.2, -0.15) is 0 Å². The number of carbonyl (C=O) groups is 1. The number of aromatic nitrogens is 4. The second-order valence-electron chi connectivity index (χ2n) is 3.99. The van der Waals surface area contributed by atoms with Crippen LogP contribution in [0.5, 0.6) is 0 Å². The average Bonchev–Trinajstić information content (AvgIpc) is 2.78. The zero-order chi connectivity index (χ0) is 14.0. The van der Waals surface area contributed by atoms with Gasteiger partial charge in [-0.25, -0.2) is 9.37 Å². The summed E-state index contributed by atoms with van der Waals surface area (Å²) in [6.07, 6.45) is 2.47. The highest BCUT2D eigenvalue weighted by molar-refractivity contribution is 6.32. The number of rotatable bonds is 3. The van der Waals surface area contributed by atoms with E-state index in [9.17, 15) is 9.18 Å². The molecule has 1 amide bonds. The fourth-order valence-corrected chi connectivity index (χ4v) is 1.79. The van der Waals surface area contributed by atoms with Crippen LogP contribution in [0, 0.1) is 5.82 Å². The molecule has 0 aliphatic rings. The van der Waals surface area contributed by atoms with Crippen molar-refractivity contribution in [2.45, 2.75) is 13.0 Å². The second-order valence-corrected chi connectivity index (χ2v) is 4.35. The first-order valence-electron chi connectivity index (χ1n) is 5.45. The number of nitrogens with one attached hydrogen (secondary N) is 1. The maximum Gasteiger partial charge on any atom is 0.255 e. The molecular weight excluding hydrogens is 273 g/mol. The summed E-state index contributed by atoms with van der Waals surface area (Å²) in [6.45, 7) is 1.74. The number of nitrogens with zero attached hydrogens (tertiary/aromatic N) is 4. The summed E-state index contributed by atoms with van der Waals surface area (Å²) < 4.78 is 14.7. The van der Waals surface area contributed by atoms with Crippen LogP contribution in [-0.4, -0.2) is 25.7 Å². The molecular formula is C11H11ClFN5O. The van der Waals surface area contributed by atoms with Gasteiger partial charge in [0.15, 0.2) is 5.82 Å². The Morgan fingerprint density at radius 1 is 1.58 bits per heavy atom. The van der Waals surface area contributed by atoms with Crippen molar-refractivity contribution >= 4 is 17.5 Å².